The molecule has 3 N–H and O–H groups in total. The summed E-state index contributed by atoms with van der Waals surface area (Å²) >= 11 is 0. The van der Waals surface area contributed by atoms with Gasteiger partial charge >= 0.3 is 12.6 Å². The molecule has 10 heteroatoms. The van der Waals surface area contributed by atoms with Gasteiger partial charge in [-0.2, -0.15) is 13.9 Å². The number of anilines is 1. The molecule has 3 aromatic rings. The second kappa shape index (κ2) is 7.22. The van der Waals surface area contributed by atoms with E-state index >= 15 is 0 Å². The minimum atomic E-state index is -2.89. The predicted octanol–water partition coefficient (Wildman–Crippen LogP) is 3.57. The number of rotatable bonds is 4. The molecule has 2 aromatic heterocycles. The highest BCUT2D eigenvalue weighted by Crippen LogP contribution is 2.28. The quantitative estimate of drug-likeness (QED) is 0.648. The minimum Gasteiger partial charge on any atom is -0.435 e. The van der Waals surface area contributed by atoms with Crippen molar-refractivity contribution in [2.75, 3.05) is 18.4 Å². The number of piperidine rings is 1. The molecule has 0 saturated carbocycles. The zero-order valence-corrected chi connectivity index (χ0v) is 14.3. The Balaban J connectivity index is 1.57. The van der Waals surface area contributed by atoms with Crippen LogP contribution in [-0.2, 0) is 0 Å². The molecular formula is C17H18F2N6O2. The average molecular weight is 376 g/mol. The number of nitrogens with one attached hydrogen (secondary N) is 3. The second-order valence-corrected chi connectivity index (χ2v) is 6.28. The fourth-order valence-corrected chi connectivity index (χ4v) is 3.14. The number of ether oxygens (including phenoxy) is 1. The molecule has 3 heterocycles. The molecule has 142 valence electrons. The maximum atomic E-state index is 12.4. The Labute approximate surface area is 152 Å². The molecule has 1 aliphatic heterocycles. The zero-order valence-electron chi connectivity index (χ0n) is 14.3. The third kappa shape index (κ3) is 3.69. The molecule has 0 spiro atoms. The van der Waals surface area contributed by atoms with Crippen molar-refractivity contribution in [3.8, 4) is 17.3 Å². The Hall–Kier alpha value is -3.17. The number of nitrogens with zero attached hydrogens (tertiary/aromatic N) is 3. The van der Waals surface area contributed by atoms with Gasteiger partial charge in [-0.1, -0.05) is 0 Å². The van der Waals surface area contributed by atoms with Gasteiger partial charge in [0, 0.05) is 19.2 Å². The highest BCUT2D eigenvalue weighted by molar-refractivity contribution is 5.93. The highest BCUT2D eigenvalue weighted by Gasteiger charge is 2.20. The van der Waals surface area contributed by atoms with Gasteiger partial charge in [-0.15, -0.1) is 0 Å². The van der Waals surface area contributed by atoms with Gasteiger partial charge in [0.15, 0.2) is 5.82 Å². The maximum Gasteiger partial charge on any atom is 0.387 e. The molecule has 0 aliphatic carbocycles. The van der Waals surface area contributed by atoms with Crippen molar-refractivity contribution in [3.05, 3.63) is 24.4 Å². The zero-order chi connectivity index (χ0) is 18.8. The first-order valence-electron chi connectivity index (χ1n) is 8.64. The lowest BCUT2D eigenvalue weighted by atomic mass is 10.1. The van der Waals surface area contributed by atoms with E-state index in [9.17, 15) is 13.6 Å². The summed E-state index contributed by atoms with van der Waals surface area (Å²) in [4.78, 5) is 21.6. The van der Waals surface area contributed by atoms with E-state index in [1.165, 1.54) is 18.3 Å². The number of aromatic nitrogens is 4. The van der Waals surface area contributed by atoms with Gasteiger partial charge in [0.1, 0.15) is 11.4 Å². The van der Waals surface area contributed by atoms with E-state index in [2.05, 4.69) is 30.2 Å². The van der Waals surface area contributed by atoms with E-state index in [0.717, 1.165) is 32.4 Å². The number of imidazole rings is 1. The summed E-state index contributed by atoms with van der Waals surface area (Å²) in [6.45, 7) is -1.43. The molecule has 4 rings (SSSR count). The summed E-state index contributed by atoms with van der Waals surface area (Å²) in [6.07, 6.45) is 4.64. The number of carbonyl (C=O) groups excluding carboxylic acids is 1. The van der Waals surface area contributed by atoms with Gasteiger partial charge in [0.2, 0.25) is 0 Å². The number of H-pyrrole nitrogens is 2. The Morgan fingerprint density at radius 2 is 2.07 bits per heavy atom. The Morgan fingerprint density at radius 1 is 1.26 bits per heavy atom. The predicted molar refractivity (Wildman–Crippen MR) is 94.8 cm³/mol. The van der Waals surface area contributed by atoms with Crippen LogP contribution in [0.2, 0.25) is 0 Å². The van der Waals surface area contributed by atoms with Gasteiger partial charge in [0.25, 0.3) is 0 Å². The number of carbonyl (C=O) groups is 1. The standard InChI is InChI=1S/C17H18F2N6O2/c18-16(19)27-10-4-5-11-12(8-10)22-15(21-11)14-13(9-20-24-14)23-17(26)25-6-2-1-3-7-25/h4-5,8-9,16H,1-3,6-7H2,(H,20,24)(H,21,22)(H,23,26). The lowest BCUT2D eigenvalue weighted by molar-refractivity contribution is -0.0497. The molecule has 0 radical (unpaired) electrons. The summed E-state index contributed by atoms with van der Waals surface area (Å²) in [5, 5.41) is 9.64. The van der Waals surface area contributed by atoms with E-state index in [1.807, 2.05) is 0 Å². The number of urea groups is 1. The number of halogens is 2. The van der Waals surface area contributed by atoms with Crippen molar-refractivity contribution in [1.29, 1.82) is 0 Å². The number of benzene rings is 1. The van der Waals surface area contributed by atoms with E-state index in [0.29, 0.717) is 28.2 Å². The lowest BCUT2D eigenvalue weighted by Gasteiger charge is -2.26. The first-order valence-corrected chi connectivity index (χ1v) is 8.64. The molecule has 27 heavy (non-hydrogen) atoms. The van der Waals surface area contributed by atoms with Gasteiger partial charge in [-0.25, -0.2) is 9.78 Å². The molecule has 0 unspecified atom stereocenters. The highest BCUT2D eigenvalue weighted by atomic mass is 19.3. The van der Waals surface area contributed by atoms with Crippen LogP contribution < -0.4 is 10.1 Å². The summed E-state index contributed by atoms with van der Waals surface area (Å²) in [5.74, 6) is 0.474. The van der Waals surface area contributed by atoms with E-state index in [1.54, 1.807) is 11.0 Å². The Bertz CT molecular complexity index is 948. The summed E-state index contributed by atoms with van der Waals surface area (Å²) in [7, 11) is 0. The summed E-state index contributed by atoms with van der Waals surface area (Å²) in [5.41, 5.74) is 2.11. The second-order valence-electron chi connectivity index (χ2n) is 6.28. The molecule has 2 amide bonds. The third-order valence-electron chi connectivity index (χ3n) is 4.44. The van der Waals surface area contributed by atoms with E-state index in [-0.39, 0.29) is 11.8 Å². The van der Waals surface area contributed by atoms with Crippen LogP contribution in [0.5, 0.6) is 5.75 Å². The molecule has 1 saturated heterocycles. The SMILES string of the molecule is O=C(Nc1cn[nH]c1-c1nc2ccc(OC(F)F)cc2[nH]1)N1CCCCC1. The number of alkyl halides is 2. The van der Waals surface area contributed by atoms with Gasteiger partial charge in [-0.05, 0) is 31.4 Å². The smallest absolute Gasteiger partial charge is 0.387 e. The fraction of sp³-hybridized carbons (Fsp3) is 0.353. The van der Waals surface area contributed by atoms with Gasteiger partial charge < -0.3 is 19.9 Å². The molecule has 0 bridgehead atoms. The number of hydrogen-bond donors (Lipinski definition) is 3. The van der Waals surface area contributed by atoms with E-state index in [4.69, 9.17) is 0 Å². The first-order chi connectivity index (χ1) is 13.1. The van der Waals surface area contributed by atoms with Gasteiger partial charge in [0.05, 0.1) is 22.9 Å². The first kappa shape index (κ1) is 17.3. The topological polar surface area (TPSA) is 98.9 Å². The largest absolute Gasteiger partial charge is 0.435 e. The number of fused-ring (bicyclic) bond motifs is 1. The van der Waals surface area contributed by atoms with Crippen molar-refractivity contribution in [2.45, 2.75) is 25.9 Å². The van der Waals surface area contributed by atoms with Crippen LogP contribution >= 0.6 is 0 Å². The molecular weight excluding hydrogens is 358 g/mol. The van der Waals surface area contributed by atoms with Crippen LogP contribution in [0.1, 0.15) is 19.3 Å². The normalized spacial score (nSPS) is 14.7. The number of hydrogen-bond acceptors (Lipinski definition) is 4. The maximum absolute atomic E-state index is 12.4. The molecule has 8 nitrogen and oxygen atoms in total. The fourth-order valence-electron chi connectivity index (χ4n) is 3.14. The Morgan fingerprint density at radius 3 is 2.85 bits per heavy atom. The van der Waals surface area contributed by atoms with E-state index < -0.39 is 6.61 Å². The monoisotopic (exact) mass is 376 g/mol. The molecule has 1 aromatic carbocycles. The van der Waals surface area contributed by atoms with Crippen LogP contribution in [0.3, 0.4) is 0 Å². The lowest BCUT2D eigenvalue weighted by Crippen LogP contribution is -2.38. The van der Waals surface area contributed by atoms with Crippen LogP contribution in [0.4, 0.5) is 19.3 Å². The van der Waals surface area contributed by atoms with Crippen LogP contribution in [0, 0.1) is 0 Å². The number of aromatic amines is 2. The minimum absolute atomic E-state index is 0.0379. The molecule has 1 fully saturated rings. The van der Waals surface area contributed by atoms with Crippen LogP contribution in [0.25, 0.3) is 22.6 Å². The van der Waals surface area contributed by atoms with Crippen molar-refractivity contribution in [2.24, 2.45) is 0 Å². The molecule has 0 atom stereocenters. The van der Waals surface area contributed by atoms with Crippen molar-refractivity contribution in [3.63, 3.8) is 0 Å². The van der Waals surface area contributed by atoms with Gasteiger partial charge in [-0.3, -0.25) is 5.10 Å². The average Bonchev–Trinajstić information content (AvgIpc) is 3.27. The summed E-state index contributed by atoms with van der Waals surface area (Å²) in [6, 6.07) is 4.27. The van der Waals surface area contributed by atoms with Crippen molar-refractivity contribution in [1.82, 2.24) is 25.1 Å². The Kier molecular flexibility index (Phi) is 4.61. The summed E-state index contributed by atoms with van der Waals surface area (Å²) < 4.78 is 29.1. The van der Waals surface area contributed by atoms with Crippen molar-refractivity contribution < 1.29 is 18.3 Å². The van der Waals surface area contributed by atoms with Crippen molar-refractivity contribution >= 4 is 22.8 Å². The number of amides is 2. The third-order valence-corrected chi connectivity index (χ3v) is 4.44. The number of likely N-dealkylation sites (tertiary alicyclic amines) is 1. The van der Waals surface area contributed by atoms with Crippen LogP contribution in [0.15, 0.2) is 24.4 Å². The molecule has 1 aliphatic rings. The van der Waals surface area contributed by atoms with Crippen LogP contribution in [-0.4, -0.2) is 50.8 Å².